The molecule has 3 aromatic rings. The maximum Gasteiger partial charge on any atom is 0.490 e. The van der Waals surface area contributed by atoms with Crippen LogP contribution in [-0.4, -0.2) is 54.8 Å². The first kappa shape index (κ1) is 25.6. The van der Waals surface area contributed by atoms with E-state index in [0.29, 0.717) is 29.5 Å². The van der Waals surface area contributed by atoms with E-state index in [9.17, 15) is 33.0 Å². The molecule has 0 bridgehead atoms. The normalized spacial score (nSPS) is 14.9. The number of aromatic nitrogens is 2. The van der Waals surface area contributed by atoms with Crippen LogP contribution in [0.25, 0.3) is 22.2 Å². The van der Waals surface area contributed by atoms with Crippen LogP contribution < -0.4 is 10.9 Å². The van der Waals surface area contributed by atoms with Gasteiger partial charge in [0.25, 0.3) is 5.56 Å². The van der Waals surface area contributed by atoms with Crippen LogP contribution in [0.5, 0.6) is 5.75 Å². The molecule has 5 N–H and O–H groups in total. The highest BCUT2D eigenvalue weighted by atomic mass is 32.2. The van der Waals surface area contributed by atoms with Gasteiger partial charge in [0.05, 0.1) is 5.69 Å². The van der Waals surface area contributed by atoms with Gasteiger partial charge in [-0.05, 0) is 37.5 Å². The van der Waals surface area contributed by atoms with Crippen LogP contribution in [0.2, 0.25) is 0 Å². The molecule has 1 aliphatic carbocycles. The lowest BCUT2D eigenvalue weighted by Crippen LogP contribution is -2.21. The topological polar surface area (TPSA) is 145 Å². The van der Waals surface area contributed by atoms with E-state index in [0.717, 1.165) is 27.9 Å². The van der Waals surface area contributed by atoms with Crippen molar-refractivity contribution in [1.82, 2.24) is 14.9 Å². The molecule has 0 radical (unpaired) electrons. The van der Waals surface area contributed by atoms with Gasteiger partial charge in [0.1, 0.15) is 5.75 Å². The molecule has 36 heavy (non-hydrogen) atoms. The van der Waals surface area contributed by atoms with E-state index in [1.54, 1.807) is 11.8 Å². The summed E-state index contributed by atoms with van der Waals surface area (Å²) in [7, 11) is 2.06. The standard InChI is InChI=1S/C21H21N3O4S.C2HF3O2/c1-24-12(9-22-11-2-3-11)6-10-7-14-16(8-15(10)24)29-5-4-13-18(14)23-20(26)17(19(13)25)21(27)28;3-2(4,5)1(6)7/h6-8,11,22H,2-5,9H2,1H3,(H,27,28)(H2,23,25,26);(H,6,7). The largest absolute Gasteiger partial charge is 0.506 e. The predicted molar refractivity (Wildman–Crippen MR) is 126 cm³/mol. The lowest BCUT2D eigenvalue weighted by atomic mass is 9.99. The second kappa shape index (κ2) is 9.54. The first-order valence-corrected chi connectivity index (χ1v) is 11.9. The van der Waals surface area contributed by atoms with Crippen molar-refractivity contribution >= 4 is 34.6 Å². The molecule has 1 saturated carbocycles. The van der Waals surface area contributed by atoms with Crippen LogP contribution in [0, 0.1) is 0 Å². The van der Waals surface area contributed by atoms with Crippen LogP contribution in [-0.2, 0) is 24.8 Å². The predicted octanol–water partition coefficient (Wildman–Crippen LogP) is 3.47. The summed E-state index contributed by atoms with van der Waals surface area (Å²) in [6, 6.07) is 6.91. The molecule has 0 unspecified atom stereocenters. The number of nitrogens with one attached hydrogen (secondary N) is 2. The zero-order valence-corrected chi connectivity index (χ0v) is 19.7. The Morgan fingerprint density at radius 3 is 2.47 bits per heavy atom. The number of H-pyrrole nitrogens is 1. The minimum absolute atomic E-state index is 0.424. The molecule has 0 amide bonds. The van der Waals surface area contributed by atoms with E-state index >= 15 is 0 Å². The van der Waals surface area contributed by atoms with E-state index in [1.807, 2.05) is 6.07 Å². The summed E-state index contributed by atoms with van der Waals surface area (Å²) in [4.78, 5) is 36.4. The van der Waals surface area contributed by atoms with Gasteiger partial charge in [-0.1, -0.05) is 0 Å². The van der Waals surface area contributed by atoms with E-state index in [-0.39, 0.29) is 0 Å². The van der Waals surface area contributed by atoms with E-state index < -0.39 is 35.0 Å². The first-order chi connectivity index (χ1) is 16.9. The molecule has 0 spiro atoms. The highest BCUT2D eigenvalue weighted by molar-refractivity contribution is 7.99. The summed E-state index contributed by atoms with van der Waals surface area (Å²) in [5, 5.41) is 31.5. The van der Waals surface area contributed by atoms with Gasteiger partial charge in [0.2, 0.25) is 0 Å². The molecule has 1 aliphatic heterocycles. The molecule has 13 heteroatoms. The summed E-state index contributed by atoms with van der Waals surface area (Å²) in [5.74, 6) is -3.92. The monoisotopic (exact) mass is 525 g/mol. The zero-order valence-electron chi connectivity index (χ0n) is 18.9. The average molecular weight is 526 g/mol. The molecule has 0 saturated heterocycles. The van der Waals surface area contributed by atoms with Crippen molar-refractivity contribution in [2.75, 3.05) is 5.75 Å². The van der Waals surface area contributed by atoms with Crippen molar-refractivity contribution in [2.24, 2.45) is 7.05 Å². The highest BCUT2D eigenvalue weighted by Gasteiger charge is 2.38. The smallest absolute Gasteiger partial charge is 0.490 e. The summed E-state index contributed by atoms with van der Waals surface area (Å²) in [5.41, 5.74) is 2.75. The number of alkyl halides is 3. The molecule has 1 aromatic carbocycles. The number of carboxylic acids is 2. The number of hydrogen-bond acceptors (Lipinski definition) is 6. The Bertz CT molecular complexity index is 1430. The Morgan fingerprint density at radius 2 is 1.89 bits per heavy atom. The number of rotatable bonds is 4. The number of benzene rings is 1. The van der Waals surface area contributed by atoms with Crippen LogP contribution in [0.1, 0.15) is 34.5 Å². The molecule has 5 rings (SSSR count). The van der Waals surface area contributed by atoms with Gasteiger partial charge in [0, 0.05) is 58.0 Å². The first-order valence-electron chi connectivity index (χ1n) is 10.9. The minimum Gasteiger partial charge on any atom is -0.506 e. The van der Waals surface area contributed by atoms with E-state index in [4.69, 9.17) is 9.90 Å². The molecular weight excluding hydrogens is 503 g/mol. The molecular formula is C23H22F3N3O6S. The van der Waals surface area contributed by atoms with Crippen molar-refractivity contribution in [3.05, 3.63) is 45.4 Å². The Kier molecular flexibility index (Phi) is 6.80. The molecule has 0 atom stereocenters. The van der Waals surface area contributed by atoms with Gasteiger partial charge in [-0.3, -0.25) is 4.79 Å². The summed E-state index contributed by atoms with van der Waals surface area (Å²) >= 11 is 1.65. The lowest BCUT2D eigenvalue weighted by molar-refractivity contribution is -0.192. The molecule has 9 nitrogen and oxygen atoms in total. The van der Waals surface area contributed by atoms with Crippen LogP contribution in [0.4, 0.5) is 13.2 Å². The average Bonchev–Trinajstić information content (AvgIpc) is 3.58. The van der Waals surface area contributed by atoms with Crippen LogP contribution in [0.15, 0.2) is 27.9 Å². The molecule has 2 aliphatic rings. The number of halogens is 3. The zero-order chi connectivity index (χ0) is 26.4. The number of aromatic hydroxyl groups is 1. The highest BCUT2D eigenvalue weighted by Crippen LogP contribution is 2.42. The van der Waals surface area contributed by atoms with Crippen molar-refractivity contribution in [2.45, 2.75) is 42.9 Å². The number of aromatic amines is 1. The Labute approximate surface area is 205 Å². The van der Waals surface area contributed by atoms with Crippen molar-refractivity contribution in [3.63, 3.8) is 0 Å². The third-order valence-corrected chi connectivity index (χ3v) is 7.07. The Balaban J connectivity index is 0.000000384. The Hall–Kier alpha value is -3.45. The lowest BCUT2D eigenvalue weighted by Gasteiger charge is -2.12. The number of nitrogens with zero attached hydrogens (tertiary/aromatic N) is 1. The van der Waals surface area contributed by atoms with Gasteiger partial charge < -0.3 is 30.2 Å². The fraction of sp³-hybridized carbons (Fsp3) is 0.348. The van der Waals surface area contributed by atoms with Crippen LogP contribution >= 0.6 is 11.8 Å². The van der Waals surface area contributed by atoms with Crippen molar-refractivity contribution < 1.29 is 38.1 Å². The number of hydrogen-bond donors (Lipinski definition) is 5. The summed E-state index contributed by atoms with van der Waals surface area (Å²) < 4.78 is 33.9. The number of aliphatic carboxylic acids is 1. The molecule has 192 valence electrons. The molecule has 3 heterocycles. The summed E-state index contributed by atoms with van der Waals surface area (Å²) in [6.45, 7) is 0.809. The number of aryl methyl sites for hydroxylation is 1. The maximum absolute atomic E-state index is 12.3. The molecule has 2 aromatic heterocycles. The van der Waals surface area contributed by atoms with Gasteiger partial charge in [-0.15, -0.1) is 11.8 Å². The number of pyridine rings is 1. The molecule has 1 fully saturated rings. The van der Waals surface area contributed by atoms with E-state index in [1.165, 1.54) is 18.5 Å². The number of carboxylic acid groups (broad SMARTS) is 2. The second-order valence-electron chi connectivity index (χ2n) is 8.49. The quantitative estimate of drug-likeness (QED) is 0.348. The number of fused-ring (bicyclic) bond motifs is 4. The van der Waals surface area contributed by atoms with Gasteiger partial charge in [-0.2, -0.15) is 13.2 Å². The van der Waals surface area contributed by atoms with E-state index in [2.05, 4.69) is 34.0 Å². The minimum atomic E-state index is -5.08. The maximum atomic E-state index is 12.3. The van der Waals surface area contributed by atoms with Crippen molar-refractivity contribution in [3.8, 4) is 17.0 Å². The SMILES string of the molecule is Cn1c(CNC2CC2)cc2cc3c(cc21)SCCc1c-3[nH]c(=O)c(C(=O)O)c1O.O=C(O)C(F)(F)F. The van der Waals surface area contributed by atoms with Gasteiger partial charge >= 0.3 is 18.1 Å². The number of thioether (sulfide) groups is 1. The third-order valence-electron chi connectivity index (χ3n) is 6.02. The fourth-order valence-corrected chi connectivity index (χ4v) is 5.04. The number of carbonyl (C=O) groups is 2. The third kappa shape index (κ3) is 5.07. The Morgan fingerprint density at radius 1 is 1.22 bits per heavy atom. The van der Waals surface area contributed by atoms with Crippen molar-refractivity contribution in [1.29, 1.82) is 0 Å². The van der Waals surface area contributed by atoms with Gasteiger partial charge in [-0.25, -0.2) is 9.59 Å². The van der Waals surface area contributed by atoms with Gasteiger partial charge in [0.15, 0.2) is 5.56 Å². The fourth-order valence-electron chi connectivity index (χ4n) is 4.01. The number of aromatic carboxylic acids is 1. The summed E-state index contributed by atoms with van der Waals surface area (Å²) in [6.07, 6.45) is -2.13. The second-order valence-corrected chi connectivity index (χ2v) is 9.63. The van der Waals surface area contributed by atoms with Crippen LogP contribution in [0.3, 0.4) is 0 Å².